The van der Waals surface area contributed by atoms with E-state index >= 15 is 0 Å². The molecule has 0 saturated heterocycles. The predicted molar refractivity (Wildman–Crippen MR) is 80.6 cm³/mol. The number of benzene rings is 2. The zero-order valence-corrected chi connectivity index (χ0v) is 12.2. The number of halogens is 1. The molecular formula is C16H18BrN. The second kappa shape index (κ2) is 6.17. The summed E-state index contributed by atoms with van der Waals surface area (Å²) in [6.07, 6.45) is 1.92. The third-order valence-electron chi connectivity index (χ3n) is 3.13. The molecule has 2 heteroatoms. The zero-order valence-electron chi connectivity index (χ0n) is 10.6. The molecule has 0 heterocycles. The van der Waals surface area contributed by atoms with Crippen LogP contribution in [-0.2, 0) is 12.8 Å². The highest BCUT2D eigenvalue weighted by Gasteiger charge is 2.07. The van der Waals surface area contributed by atoms with Crippen LogP contribution in [0.5, 0.6) is 0 Å². The van der Waals surface area contributed by atoms with Crippen LogP contribution in [0.2, 0.25) is 0 Å². The van der Waals surface area contributed by atoms with Gasteiger partial charge in [0.05, 0.1) is 0 Å². The van der Waals surface area contributed by atoms with Crippen molar-refractivity contribution in [3.05, 3.63) is 69.7 Å². The SMILES string of the molecule is CCc1cccc(C(N)Cc2cccc(Br)c2)c1. The fourth-order valence-corrected chi connectivity index (χ4v) is 2.53. The number of hydrogen-bond donors (Lipinski definition) is 1. The van der Waals surface area contributed by atoms with Crippen molar-refractivity contribution in [3.63, 3.8) is 0 Å². The first-order chi connectivity index (χ1) is 8.69. The smallest absolute Gasteiger partial charge is 0.0335 e. The maximum absolute atomic E-state index is 6.29. The highest BCUT2D eigenvalue weighted by molar-refractivity contribution is 9.10. The molecule has 0 radical (unpaired) electrons. The summed E-state index contributed by atoms with van der Waals surface area (Å²) in [5, 5.41) is 0. The van der Waals surface area contributed by atoms with Crippen molar-refractivity contribution in [2.45, 2.75) is 25.8 Å². The Labute approximate surface area is 117 Å². The van der Waals surface area contributed by atoms with E-state index in [2.05, 4.69) is 65.3 Å². The summed E-state index contributed by atoms with van der Waals surface area (Å²) in [5.74, 6) is 0. The molecule has 2 aromatic rings. The first kappa shape index (κ1) is 13.3. The zero-order chi connectivity index (χ0) is 13.0. The van der Waals surface area contributed by atoms with Crippen molar-refractivity contribution in [1.29, 1.82) is 0 Å². The number of rotatable bonds is 4. The van der Waals surface area contributed by atoms with Crippen LogP contribution in [0, 0.1) is 0 Å². The molecule has 0 fully saturated rings. The molecule has 2 rings (SSSR count). The summed E-state index contributed by atoms with van der Waals surface area (Å²) in [5.41, 5.74) is 10.1. The van der Waals surface area contributed by atoms with Crippen molar-refractivity contribution < 1.29 is 0 Å². The van der Waals surface area contributed by atoms with E-state index < -0.39 is 0 Å². The van der Waals surface area contributed by atoms with Gasteiger partial charge in [-0.2, -0.15) is 0 Å². The van der Waals surface area contributed by atoms with Gasteiger partial charge in [0.1, 0.15) is 0 Å². The molecule has 1 atom stereocenters. The minimum absolute atomic E-state index is 0.0609. The van der Waals surface area contributed by atoms with Crippen LogP contribution in [-0.4, -0.2) is 0 Å². The maximum atomic E-state index is 6.29. The third-order valence-corrected chi connectivity index (χ3v) is 3.63. The largest absolute Gasteiger partial charge is 0.324 e. The number of nitrogens with two attached hydrogens (primary N) is 1. The van der Waals surface area contributed by atoms with Crippen LogP contribution in [0.15, 0.2) is 53.0 Å². The summed E-state index contributed by atoms with van der Waals surface area (Å²) in [7, 11) is 0. The molecule has 0 spiro atoms. The van der Waals surface area contributed by atoms with Crippen molar-refractivity contribution in [3.8, 4) is 0 Å². The summed E-state index contributed by atoms with van der Waals surface area (Å²) < 4.78 is 1.11. The normalized spacial score (nSPS) is 12.4. The summed E-state index contributed by atoms with van der Waals surface area (Å²) in [6.45, 7) is 2.17. The van der Waals surface area contributed by atoms with Crippen LogP contribution in [0.1, 0.15) is 29.7 Å². The first-order valence-corrected chi connectivity index (χ1v) is 7.07. The fraction of sp³-hybridized carbons (Fsp3) is 0.250. The van der Waals surface area contributed by atoms with E-state index in [0.717, 1.165) is 17.3 Å². The monoisotopic (exact) mass is 303 g/mol. The molecule has 18 heavy (non-hydrogen) atoms. The van der Waals surface area contributed by atoms with Crippen LogP contribution in [0.3, 0.4) is 0 Å². The minimum atomic E-state index is 0.0609. The molecular weight excluding hydrogens is 286 g/mol. The standard InChI is InChI=1S/C16H18BrN/c1-2-12-5-3-7-14(9-12)16(18)11-13-6-4-8-15(17)10-13/h3-10,16H,2,11,18H2,1H3. The highest BCUT2D eigenvalue weighted by atomic mass is 79.9. The Hall–Kier alpha value is -1.12. The molecule has 1 nitrogen and oxygen atoms in total. The van der Waals surface area contributed by atoms with E-state index in [-0.39, 0.29) is 6.04 Å². The van der Waals surface area contributed by atoms with Gasteiger partial charge in [-0.15, -0.1) is 0 Å². The van der Waals surface area contributed by atoms with Crippen molar-refractivity contribution >= 4 is 15.9 Å². The molecule has 0 aliphatic carbocycles. The molecule has 0 aromatic heterocycles. The van der Waals surface area contributed by atoms with E-state index in [9.17, 15) is 0 Å². The summed E-state index contributed by atoms with van der Waals surface area (Å²) in [6, 6.07) is 17.0. The molecule has 2 N–H and O–H groups in total. The quantitative estimate of drug-likeness (QED) is 0.897. The fourth-order valence-electron chi connectivity index (χ4n) is 2.08. The lowest BCUT2D eigenvalue weighted by molar-refractivity contribution is 0.720. The van der Waals surface area contributed by atoms with Gasteiger partial charge in [-0.05, 0) is 41.7 Å². The van der Waals surface area contributed by atoms with Crippen molar-refractivity contribution in [1.82, 2.24) is 0 Å². The van der Waals surface area contributed by atoms with Gasteiger partial charge >= 0.3 is 0 Å². The lowest BCUT2D eigenvalue weighted by atomic mass is 9.98. The molecule has 0 aliphatic rings. The number of aryl methyl sites for hydroxylation is 1. The Morgan fingerprint density at radius 1 is 1.06 bits per heavy atom. The molecule has 0 amide bonds. The van der Waals surface area contributed by atoms with E-state index in [1.54, 1.807) is 0 Å². The maximum Gasteiger partial charge on any atom is 0.0335 e. The first-order valence-electron chi connectivity index (χ1n) is 6.28. The predicted octanol–water partition coefficient (Wildman–Crippen LogP) is 4.25. The molecule has 2 aromatic carbocycles. The Morgan fingerprint density at radius 2 is 1.78 bits per heavy atom. The van der Waals surface area contributed by atoms with Gasteiger partial charge in [-0.1, -0.05) is 59.3 Å². The van der Waals surface area contributed by atoms with Crippen LogP contribution in [0.25, 0.3) is 0 Å². The minimum Gasteiger partial charge on any atom is -0.324 e. The van der Waals surface area contributed by atoms with Gasteiger partial charge in [-0.3, -0.25) is 0 Å². The summed E-state index contributed by atoms with van der Waals surface area (Å²) >= 11 is 3.49. The third kappa shape index (κ3) is 3.44. The average molecular weight is 304 g/mol. The van der Waals surface area contributed by atoms with E-state index in [1.807, 2.05) is 6.07 Å². The molecule has 0 bridgehead atoms. The van der Waals surface area contributed by atoms with Crippen molar-refractivity contribution in [2.24, 2.45) is 5.73 Å². The highest BCUT2D eigenvalue weighted by Crippen LogP contribution is 2.19. The van der Waals surface area contributed by atoms with E-state index in [1.165, 1.54) is 16.7 Å². The number of hydrogen-bond acceptors (Lipinski definition) is 1. The van der Waals surface area contributed by atoms with Crippen LogP contribution >= 0.6 is 15.9 Å². The van der Waals surface area contributed by atoms with Gasteiger partial charge in [0.25, 0.3) is 0 Å². The van der Waals surface area contributed by atoms with Gasteiger partial charge in [0.2, 0.25) is 0 Å². The van der Waals surface area contributed by atoms with E-state index in [0.29, 0.717) is 0 Å². The summed E-state index contributed by atoms with van der Waals surface area (Å²) in [4.78, 5) is 0. The Balaban J connectivity index is 2.13. The molecule has 0 aliphatic heterocycles. The Morgan fingerprint density at radius 3 is 2.50 bits per heavy atom. The van der Waals surface area contributed by atoms with E-state index in [4.69, 9.17) is 5.73 Å². The topological polar surface area (TPSA) is 26.0 Å². The van der Waals surface area contributed by atoms with Gasteiger partial charge < -0.3 is 5.73 Å². The second-order valence-corrected chi connectivity index (χ2v) is 5.45. The van der Waals surface area contributed by atoms with Gasteiger partial charge in [-0.25, -0.2) is 0 Å². The van der Waals surface area contributed by atoms with Crippen molar-refractivity contribution in [2.75, 3.05) is 0 Å². The lowest BCUT2D eigenvalue weighted by Gasteiger charge is -2.13. The lowest BCUT2D eigenvalue weighted by Crippen LogP contribution is -2.13. The molecule has 0 saturated carbocycles. The van der Waals surface area contributed by atoms with Gasteiger partial charge in [0.15, 0.2) is 0 Å². The molecule has 94 valence electrons. The van der Waals surface area contributed by atoms with Crippen LogP contribution in [0.4, 0.5) is 0 Å². The average Bonchev–Trinajstić information content (AvgIpc) is 2.39. The van der Waals surface area contributed by atoms with Gasteiger partial charge in [0, 0.05) is 10.5 Å². The van der Waals surface area contributed by atoms with Crippen LogP contribution < -0.4 is 5.73 Å². The Kier molecular flexibility index (Phi) is 4.56. The second-order valence-electron chi connectivity index (χ2n) is 4.54. The Bertz CT molecular complexity index is 522. The molecule has 1 unspecified atom stereocenters.